The molecule has 0 saturated carbocycles. The summed E-state index contributed by atoms with van der Waals surface area (Å²) in [5.41, 5.74) is 4.34. The van der Waals surface area contributed by atoms with Gasteiger partial charge in [-0.05, 0) is 31.2 Å². The van der Waals surface area contributed by atoms with E-state index in [-0.39, 0.29) is 29.4 Å². The lowest BCUT2D eigenvalue weighted by Gasteiger charge is -2.10. The van der Waals surface area contributed by atoms with Crippen LogP contribution >= 0.6 is 0 Å². The van der Waals surface area contributed by atoms with Crippen molar-refractivity contribution < 1.29 is 29.0 Å². The standard InChI is InChI=1S/C24H21N3O6/c1-13(26-27-24(31)16-8-7-14(28)10-19(16)29)9-23(30)25-18-12-21-17(11-22(18)32-2)15-5-3-4-6-20(15)33-21/h3-8,10-12,28-29H,9H2,1-2H3,(H,25,30)(H,27,31)/b26-13-. The van der Waals surface area contributed by atoms with Crippen molar-refractivity contribution in [2.45, 2.75) is 13.3 Å². The number of phenolic OH excluding ortho intramolecular Hbond substituents is 2. The Morgan fingerprint density at radius 3 is 2.58 bits per heavy atom. The number of hydrogen-bond donors (Lipinski definition) is 4. The first-order valence-corrected chi connectivity index (χ1v) is 10.0. The Bertz CT molecular complexity index is 1410. The van der Waals surface area contributed by atoms with E-state index in [1.807, 2.05) is 30.3 Å². The van der Waals surface area contributed by atoms with Crippen molar-refractivity contribution in [3.8, 4) is 17.2 Å². The van der Waals surface area contributed by atoms with Crippen molar-refractivity contribution in [3.05, 3.63) is 60.2 Å². The van der Waals surface area contributed by atoms with Crippen molar-refractivity contribution in [1.29, 1.82) is 0 Å². The lowest BCUT2D eigenvalue weighted by Crippen LogP contribution is -2.21. The van der Waals surface area contributed by atoms with Gasteiger partial charge < -0.3 is 24.7 Å². The van der Waals surface area contributed by atoms with Gasteiger partial charge in [0.05, 0.1) is 24.8 Å². The van der Waals surface area contributed by atoms with E-state index in [2.05, 4.69) is 15.8 Å². The van der Waals surface area contributed by atoms with Crippen molar-refractivity contribution >= 4 is 45.2 Å². The van der Waals surface area contributed by atoms with E-state index in [1.54, 1.807) is 13.0 Å². The average Bonchev–Trinajstić information content (AvgIpc) is 3.14. The number of carbonyl (C=O) groups is 2. The SMILES string of the molecule is COc1cc2c(cc1NC(=O)C/C(C)=N\NC(=O)c1ccc(O)cc1O)oc1ccccc12. The number of phenols is 2. The Balaban J connectivity index is 1.46. The molecule has 1 aromatic heterocycles. The van der Waals surface area contributed by atoms with Crippen LogP contribution in [0.25, 0.3) is 21.9 Å². The molecule has 0 spiro atoms. The molecule has 4 N–H and O–H groups in total. The quantitative estimate of drug-likeness (QED) is 0.259. The molecule has 9 heteroatoms. The minimum atomic E-state index is -0.677. The first kappa shape index (κ1) is 21.7. The number of fused-ring (bicyclic) bond motifs is 3. The molecular formula is C24H21N3O6. The zero-order chi connectivity index (χ0) is 23.5. The van der Waals surface area contributed by atoms with Crippen LogP contribution in [0.15, 0.2) is 64.1 Å². The summed E-state index contributed by atoms with van der Waals surface area (Å²) in [6, 6.07) is 14.7. The number of nitrogens with zero attached hydrogens (tertiary/aromatic N) is 1. The number of amides is 2. The molecule has 4 rings (SSSR count). The average molecular weight is 447 g/mol. The van der Waals surface area contributed by atoms with Gasteiger partial charge >= 0.3 is 0 Å². The highest BCUT2D eigenvalue weighted by Gasteiger charge is 2.15. The Morgan fingerprint density at radius 2 is 1.82 bits per heavy atom. The zero-order valence-corrected chi connectivity index (χ0v) is 17.9. The molecule has 0 aliphatic rings. The maximum absolute atomic E-state index is 12.5. The van der Waals surface area contributed by atoms with Crippen LogP contribution in [0.1, 0.15) is 23.7 Å². The summed E-state index contributed by atoms with van der Waals surface area (Å²) >= 11 is 0. The molecule has 9 nitrogen and oxygen atoms in total. The fourth-order valence-corrected chi connectivity index (χ4v) is 3.40. The lowest BCUT2D eigenvalue weighted by molar-refractivity contribution is -0.115. The molecular weight excluding hydrogens is 426 g/mol. The van der Waals surface area contributed by atoms with Crippen LogP contribution in [0.3, 0.4) is 0 Å². The predicted molar refractivity (Wildman–Crippen MR) is 124 cm³/mol. The lowest BCUT2D eigenvalue weighted by atomic mass is 10.1. The number of ether oxygens (including phenoxy) is 1. The highest BCUT2D eigenvalue weighted by atomic mass is 16.5. The largest absolute Gasteiger partial charge is 0.508 e. The minimum absolute atomic E-state index is 0.0577. The van der Waals surface area contributed by atoms with Crippen LogP contribution in [-0.4, -0.2) is 34.8 Å². The van der Waals surface area contributed by atoms with Gasteiger partial charge in [0, 0.05) is 28.6 Å². The van der Waals surface area contributed by atoms with Gasteiger partial charge in [0.2, 0.25) is 5.91 Å². The van der Waals surface area contributed by atoms with Gasteiger partial charge in [-0.25, -0.2) is 5.43 Å². The topological polar surface area (TPSA) is 133 Å². The van der Waals surface area contributed by atoms with Crippen LogP contribution in [0, 0.1) is 0 Å². The fraction of sp³-hybridized carbons (Fsp3) is 0.125. The zero-order valence-electron chi connectivity index (χ0n) is 17.9. The van der Waals surface area contributed by atoms with Crippen LogP contribution in [-0.2, 0) is 4.79 Å². The molecule has 168 valence electrons. The number of carbonyl (C=O) groups excluding carboxylic acids is 2. The van der Waals surface area contributed by atoms with Crippen molar-refractivity contribution in [2.24, 2.45) is 5.10 Å². The molecule has 33 heavy (non-hydrogen) atoms. The molecule has 3 aromatic carbocycles. The van der Waals surface area contributed by atoms with Gasteiger partial charge in [-0.3, -0.25) is 9.59 Å². The smallest absolute Gasteiger partial charge is 0.275 e. The number of hydrogen-bond acceptors (Lipinski definition) is 7. The third-order valence-corrected chi connectivity index (χ3v) is 4.96. The van der Waals surface area contributed by atoms with Crippen LogP contribution in [0.4, 0.5) is 5.69 Å². The summed E-state index contributed by atoms with van der Waals surface area (Å²) < 4.78 is 11.3. The van der Waals surface area contributed by atoms with E-state index >= 15 is 0 Å². The highest BCUT2D eigenvalue weighted by Crippen LogP contribution is 2.36. The van der Waals surface area contributed by atoms with Gasteiger partial charge in [-0.2, -0.15) is 5.10 Å². The minimum Gasteiger partial charge on any atom is -0.508 e. The third-order valence-electron chi connectivity index (χ3n) is 4.96. The summed E-state index contributed by atoms with van der Waals surface area (Å²) in [6.07, 6.45) is -0.0941. The fourth-order valence-electron chi connectivity index (χ4n) is 3.40. The van der Waals surface area contributed by atoms with E-state index in [9.17, 15) is 19.8 Å². The summed E-state index contributed by atoms with van der Waals surface area (Å²) in [5.74, 6) is -1.12. The number of rotatable bonds is 6. The predicted octanol–water partition coefficient (Wildman–Crippen LogP) is 4.14. The number of hydrazone groups is 1. The molecule has 0 aliphatic carbocycles. The summed E-state index contributed by atoms with van der Waals surface area (Å²) in [5, 5.41) is 27.6. The van der Waals surface area contributed by atoms with E-state index in [0.717, 1.165) is 22.4 Å². The molecule has 1 heterocycles. The van der Waals surface area contributed by atoms with E-state index in [0.29, 0.717) is 22.7 Å². The number of furan rings is 1. The molecule has 0 radical (unpaired) electrons. The molecule has 2 amide bonds. The second-order valence-electron chi connectivity index (χ2n) is 7.36. The molecule has 0 atom stereocenters. The Hall–Kier alpha value is -4.53. The number of para-hydroxylation sites is 1. The number of benzene rings is 3. The Labute approximate surface area is 188 Å². The molecule has 0 fully saturated rings. The maximum atomic E-state index is 12.5. The van der Waals surface area contributed by atoms with E-state index < -0.39 is 5.91 Å². The van der Waals surface area contributed by atoms with E-state index in [1.165, 1.54) is 19.2 Å². The van der Waals surface area contributed by atoms with Crippen molar-refractivity contribution in [2.75, 3.05) is 12.4 Å². The normalized spacial score (nSPS) is 11.5. The van der Waals surface area contributed by atoms with Crippen LogP contribution in [0.2, 0.25) is 0 Å². The van der Waals surface area contributed by atoms with Gasteiger partial charge in [0.25, 0.3) is 5.91 Å². The molecule has 0 aliphatic heterocycles. The molecule has 0 unspecified atom stereocenters. The second-order valence-corrected chi connectivity index (χ2v) is 7.36. The molecule has 4 aromatic rings. The summed E-state index contributed by atoms with van der Waals surface area (Å²) in [4.78, 5) is 24.7. The highest BCUT2D eigenvalue weighted by molar-refractivity contribution is 6.10. The summed E-state index contributed by atoms with van der Waals surface area (Å²) in [6.45, 7) is 1.58. The first-order chi connectivity index (χ1) is 15.9. The summed E-state index contributed by atoms with van der Waals surface area (Å²) in [7, 11) is 1.51. The van der Waals surface area contributed by atoms with Crippen LogP contribution < -0.4 is 15.5 Å². The third kappa shape index (κ3) is 4.57. The monoisotopic (exact) mass is 447 g/mol. The van der Waals surface area contributed by atoms with Gasteiger partial charge in [-0.1, -0.05) is 18.2 Å². The number of nitrogens with one attached hydrogen (secondary N) is 2. The Kier molecular flexibility index (Phi) is 5.86. The van der Waals surface area contributed by atoms with Crippen molar-refractivity contribution in [1.82, 2.24) is 5.43 Å². The van der Waals surface area contributed by atoms with E-state index in [4.69, 9.17) is 9.15 Å². The molecule has 0 bridgehead atoms. The first-order valence-electron chi connectivity index (χ1n) is 10.0. The molecule has 0 saturated heterocycles. The van der Waals surface area contributed by atoms with Crippen molar-refractivity contribution in [3.63, 3.8) is 0 Å². The van der Waals surface area contributed by atoms with Gasteiger partial charge in [0.15, 0.2) is 0 Å². The number of aromatic hydroxyl groups is 2. The van der Waals surface area contributed by atoms with Gasteiger partial charge in [-0.15, -0.1) is 0 Å². The van der Waals surface area contributed by atoms with Gasteiger partial charge in [0.1, 0.15) is 28.4 Å². The van der Waals surface area contributed by atoms with Crippen LogP contribution in [0.5, 0.6) is 17.2 Å². The Morgan fingerprint density at radius 1 is 1.03 bits per heavy atom. The number of methoxy groups -OCH3 is 1. The maximum Gasteiger partial charge on any atom is 0.275 e. The second kappa shape index (κ2) is 8.91. The number of anilines is 1.